The Labute approximate surface area is 183 Å². The summed E-state index contributed by atoms with van der Waals surface area (Å²) in [4.78, 5) is 25.1. The molecule has 31 heavy (non-hydrogen) atoms. The summed E-state index contributed by atoms with van der Waals surface area (Å²) in [5.74, 6) is -0.621. The molecule has 0 unspecified atom stereocenters. The average Bonchev–Trinajstić information content (AvgIpc) is 3.44. The van der Waals surface area contributed by atoms with Crippen molar-refractivity contribution in [3.8, 4) is 11.3 Å². The fourth-order valence-corrected chi connectivity index (χ4v) is 3.18. The highest BCUT2D eigenvalue weighted by Crippen LogP contribution is 2.21. The van der Waals surface area contributed by atoms with E-state index in [2.05, 4.69) is 25.9 Å². The molecule has 156 valence electrons. The Morgan fingerprint density at radius 3 is 2.42 bits per heavy atom. The van der Waals surface area contributed by atoms with Crippen molar-refractivity contribution in [1.82, 2.24) is 20.0 Å². The van der Waals surface area contributed by atoms with Crippen LogP contribution >= 0.6 is 11.6 Å². The van der Waals surface area contributed by atoms with Gasteiger partial charge in [0.25, 0.3) is 11.8 Å². The molecule has 2 aromatic heterocycles. The van der Waals surface area contributed by atoms with Gasteiger partial charge in [-0.2, -0.15) is 10.2 Å². The topological polar surface area (TPSA) is 105 Å². The van der Waals surface area contributed by atoms with E-state index in [4.69, 9.17) is 11.6 Å². The molecule has 0 fully saturated rings. The maximum atomic E-state index is 12.6. The first-order chi connectivity index (χ1) is 15.0. The van der Waals surface area contributed by atoms with Crippen molar-refractivity contribution < 1.29 is 9.59 Å². The van der Waals surface area contributed by atoms with Gasteiger partial charge in [-0.3, -0.25) is 19.4 Å². The molecule has 9 heteroatoms. The first kappa shape index (κ1) is 20.4. The van der Waals surface area contributed by atoms with E-state index in [0.29, 0.717) is 40.0 Å². The molecule has 8 nitrogen and oxygen atoms in total. The minimum atomic E-state index is -0.347. The van der Waals surface area contributed by atoms with Gasteiger partial charge in [-0.1, -0.05) is 29.8 Å². The Bertz CT molecular complexity index is 1230. The number of nitrogens with one attached hydrogen (secondary N) is 3. The molecule has 3 N–H and O–H groups in total. The van der Waals surface area contributed by atoms with Gasteiger partial charge < -0.3 is 10.6 Å². The minimum absolute atomic E-state index is 0.274. The quantitative estimate of drug-likeness (QED) is 0.417. The lowest BCUT2D eigenvalue weighted by atomic mass is 10.1. The van der Waals surface area contributed by atoms with Gasteiger partial charge in [-0.15, -0.1) is 0 Å². The zero-order chi connectivity index (χ0) is 21.8. The van der Waals surface area contributed by atoms with Crippen molar-refractivity contribution >= 4 is 34.8 Å². The summed E-state index contributed by atoms with van der Waals surface area (Å²) in [6, 6.07) is 17.4. The molecule has 4 aromatic rings. The van der Waals surface area contributed by atoms with E-state index in [1.807, 2.05) is 19.1 Å². The van der Waals surface area contributed by atoms with E-state index in [-0.39, 0.29) is 11.8 Å². The van der Waals surface area contributed by atoms with Crippen molar-refractivity contribution in [3.63, 3.8) is 0 Å². The van der Waals surface area contributed by atoms with Crippen LogP contribution in [0.3, 0.4) is 0 Å². The molecule has 0 aliphatic carbocycles. The molecule has 0 saturated heterocycles. The molecule has 2 aromatic carbocycles. The van der Waals surface area contributed by atoms with Crippen LogP contribution in [0, 0.1) is 0 Å². The number of benzene rings is 2. The van der Waals surface area contributed by atoms with Gasteiger partial charge in [0.05, 0.1) is 5.69 Å². The van der Waals surface area contributed by atoms with E-state index >= 15 is 0 Å². The third-order valence-electron chi connectivity index (χ3n) is 4.59. The number of aryl methyl sites for hydroxylation is 1. The summed E-state index contributed by atoms with van der Waals surface area (Å²) in [7, 11) is 0. The number of carbonyl (C=O) groups excluding carboxylic acids is 2. The largest absolute Gasteiger partial charge is 0.321 e. The molecule has 0 bridgehead atoms. The first-order valence-electron chi connectivity index (χ1n) is 9.59. The molecule has 0 aliphatic rings. The number of amides is 2. The van der Waals surface area contributed by atoms with Crippen molar-refractivity contribution in [2.75, 3.05) is 10.6 Å². The van der Waals surface area contributed by atoms with Gasteiger partial charge >= 0.3 is 0 Å². The average molecular weight is 435 g/mol. The monoisotopic (exact) mass is 434 g/mol. The summed E-state index contributed by atoms with van der Waals surface area (Å²) < 4.78 is 1.61. The number of aromatic nitrogens is 4. The molecule has 2 amide bonds. The summed E-state index contributed by atoms with van der Waals surface area (Å²) >= 11 is 5.91. The standard InChI is InChI=1S/C22H19ClN6O2/c1-2-29-20(10-11-24-29)22(31)26-17-5-3-4-16(12-17)25-21(30)19-13-18(27-28-19)14-6-8-15(23)9-7-14/h3-13H,2H2,1H3,(H,25,30)(H,26,31)(H,27,28). The number of carbonyl (C=O) groups is 2. The lowest BCUT2D eigenvalue weighted by molar-refractivity contribution is 0.101. The zero-order valence-corrected chi connectivity index (χ0v) is 17.3. The highest BCUT2D eigenvalue weighted by Gasteiger charge is 2.14. The molecule has 0 aliphatic heterocycles. The Kier molecular flexibility index (Phi) is 5.81. The molecule has 0 saturated carbocycles. The van der Waals surface area contributed by atoms with Crippen LogP contribution in [0.15, 0.2) is 66.9 Å². The fraction of sp³-hybridized carbons (Fsp3) is 0.0909. The highest BCUT2D eigenvalue weighted by molar-refractivity contribution is 6.30. The normalized spacial score (nSPS) is 10.6. The molecular weight excluding hydrogens is 416 g/mol. The van der Waals surface area contributed by atoms with Crippen molar-refractivity contribution in [3.05, 3.63) is 83.3 Å². The maximum Gasteiger partial charge on any atom is 0.273 e. The van der Waals surface area contributed by atoms with Crippen LogP contribution in [0.4, 0.5) is 11.4 Å². The highest BCUT2D eigenvalue weighted by atomic mass is 35.5. The molecule has 0 spiro atoms. The smallest absolute Gasteiger partial charge is 0.273 e. The molecule has 4 rings (SSSR count). The van der Waals surface area contributed by atoms with Crippen LogP contribution in [0.1, 0.15) is 27.9 Å². The number of anilines is 2. The van der Waals surface area contributed by atoms with E-state index in [0.717, 1.165) is 5.56 Å². The Morgan fingerprint density at radius 2 is 1.71 bits per heavy atom. The van der Waals surface area contributed by atoms with Gasteiger partial charge in [-0.25, -0.2) is 0 Å². The van der Waals surface area contributed by atoms with Gasteiger partial charge in [0.15, 0.2) is 0 Å². The Hall–Kier alpha value is -3.91. The SMILES string of the molecule is CCn1nccc1C(=O)Nc1cccc(NC(=O)c2cc(-c3ccc(Cl)cc3)n[nH]2)c1. The minimum Gasteiger partial charge on any atom is -0.321 e. The first-order valence-corrected chi connectivity index (χ1v) is 9.97. The number of rotatable bonds is 6. The van der Waals surface area contributed by atoms with Crippen LogP contribution in [-0.4, -0.2) is 31.8 Å². The van der Waals surface area contributed by atoms with Crippen LogP contribution in [-0.2, 0) is 6.54 Å². The van der Waals surface area contributed by atoms with E-state index < -0.39 is 0 Å². The molecule has 0 atom stereocenters. The van der Waals surface area contributed by atoms with E-state index in [1.54, 1.807) is 59.4 Å². The predicted octanol–water partition coefficient (Wildman–Crippen LogP) is 4.45. The number of nitrogens with zero attached hydrogens (tertiary/aromatic N) is 3. The third kappa shape index (κ3) is 4.65. The number of H-pyrrole nitrogens is 1. The summed E-state index contributed by atoms with van der Waals surface area (Å²) in [6.07, 6.45) is 1.58. The molecule has 0 radical (unpaired) electrons. The summed E-state index contributed by atoms with van der Waals surface area (Å²) in [6.45, 7) is 2.50. The van der Waals surface area contributed by atoms with Crippen LogP contribution in [0.5, 0.6) is 0 Å². The van der Waals surface area contributed by atoms with Gasteiger partial charge in [0.1, 0.15) is 11.4 Å². The van der Waals surface area contributed by atoms with Crippen molar-refractivity contribution in [2.24, 2.45) is 0 Å². The second-order valence-corrected chi connectivity index (χ2v) is 7.13. The Morgan fingerprint density at radius 1 is 1.00 bits per heavy atom. The summed E-state index contributed by atoms with van der Waals surface area (Å²) in [5, 5.41) is 17.3. The zero-order valence-electron chi connectivity index (χ0n) is 16.6. The number of halogens is 1. The molecule has 2 heterocycles. The van der Waals surface area contributed by atoms with Gasteiger partial charge in [-0.05, 0) is 49.4 Å². The number of aromatic amines is 1. The third-order valence-corrected chi connectivity index (χ3v) is 4.84. The Balaban J connectivity index is 1.44. The summed E-state index contributed by atoms with van der Waals surface area (Å²) in [5.41, 5.74) is 3.34. The predicted molar refractivity (Wildman–Crippen MR) is 119 cm³/mol. The maximum absolute atomic E-state index is 12.6. The van der Waals surface area contributed by atoms with Crippen molar-refractivity contribution in [1.29, 1.82) is 0 Å². The number of hydrogen-bond donors (Lipinski definition) is 3. The second-order valence-electron chi connectivity index (χ2n) is 6.70. The van der Waals surface area contributed by atoms with E-state index in [9.17, 15) is 9.59 Å². The second kappa shape index (κ2) is 8.85. The van der Waals surface area contributed by atoms with Gasteiger partial charge in [0.2, 0.25) is 0 Å². The van der Waals surface area contributed by atoms with Crippen LogP contribution in [0.25, 0.3) is 11.3 Å². The van der Waals surface area contributed by atoms with Crippen LogP contribution < -0.4 is 10.6 Å². The van der Waals surface area contributed by atoms with Crippen LogP contribution in [0.2, 0.25) is 5.02 Å². The molecular formula is C22H19ClN6O2. The van der Waals surface area contributed by atoms with E-state index in [1.165, 1.54) is 0 Å². The lowest BCUT2D eigenvalue weighted by Gasteiger charge is -2.09. The number of hydrogen-bond acceptors (Lipinski definition) is 4. The van der Waals surface area contributed by atoms with Gasteiger partial charge in [0, 0.05) is 34.7 Å². The van der Waals surface area contributed by atoms with Crippen molar-refractivity contribution in [2.45, 2.75) is 13.5 Å². The lowest BCUT2D eigenvalue weighted by Crippen LogP contribution is -2.17. The fourth-order valence-electron chi connectivity index (χ4n) is 3.05.